The Morgan fingerprint density at radius 1 is 1.09 bits per heavy atom. The van der Waals surface area contributed by atoms with Crippen molar-refractivity contribution >= 4 is 21.9 Å². The first kappa shape index (κ1) is 17.4. The molecule has 10 heteroatoms. The van der Waals surface area contributed by atoms with Crippen LogP contribution in [0, 0.1) is 12.7 Å². The van der Waals surface area contributed by atoms with Crippen LogP contribution in [-0.4, -0.2) is 43.0 Å². The molecule has 0 atom stereocenters. The summed E-state index contributed by atoms with van der Waals surface area (Å²) in [5.74, 6) is -0.781. The Morgan fingerprint density at radius 2 is 1.91 bits per heavy atom. The first-order valence-corrected chi connectivity index (χ1v) is 9.92. The van der Waals surface area contributed by atoms with Gasteiger partial charge >= 0.3 is 5.69 Å². The van der Waals surface area contributed by atoms with Gasteiger partial charge in [0.05, 0.1) is 59.1 Å². The van der Waals surface area contributed by atoms with Crippen molar-refractivity contribution in [3.05, 3.63) is 58.9 Å². The molecular formula is C23H21FN6O3. The van der Waals surface area contributed by atoms with Gasteiger partial charge in [-0.25, -0.2) is 9.18 Å². The highest BCUT2D eigenvalue weighted by atomic mass is 19.1. The Morgan fingerprint density at radius 3 is 2.61 bits per heavy atom. The molecule has 0 N–H and O–H groups in total. The summed E-state index contributed by atoms with van der Waals surface area (Å²) in [5, 5.41) is 4.92. The molecule has 1 aromatic carbocycles. The standard InChI is InChI=1S/C23H21FN6O3/c1-12-15(11-28(2)27-12)13-6-14-17(7-19(13)32-4)26-9-18-21(14)30(23(31)29(18)3)22-16(24)8-25-10-20(22)33-5/h6-11H,1-5H3/i5D3. The van der Waals surface area contributed by atoms with Gasteiger partial charge in [0.25, 0.3) is 0 Å². The number of pyridine rings is 2. The number of hydrogen-bond acceptors (Lipinski definition) is 6. The summed E-state index contributed by atoms with van der Waals surface area (Å²) in [5.41, 5.74) is 2.49. The molecule has 168 valence electrons. The van der Waals surface area contributed by atoms with Gasteiger partial charge in [0.2, 0.25) is 0 Å². The highest BCUT2D eigenvalue weighted by Crippen LogP contribution is 2.38. The Labute approximate surface area is 191 Å². The van der Waals surface area contributed by atoms with E-state index in [-0.39, 0.29) is 5.69 Å². The van der Waals surface area contributed by atoms with E-state index in [4.69, 9.17) is 13.6 Å². The number of ether oxygens (including phenoxy) is 2. The predicted molar refractivity (Wildman–Crippen MR) is 122 cm³/mol. The van der Waals surface area contributed by atoms with Crippen molar-refractivity contribution in [3.63, 3.8) is 0 Å². The van der Waals surface area contributed by atoms with Gasteiger partial charge in [-0.05, 0) is 13.0 Å². The largest absolute Gasteiger partial charge is 0.496 e. The van der Waals surface area contributed by atoms with Gasteiger partial charge in [0.1, 0.15) is 11.4 Å². The molecule has 0 aliphatic carbocycles. The zero-order chi connectivity index (χ0) is 25.9. The average molecular weight is 451 g/mol. The molecule has 4 aromatic heterocycles. The SMILES string of the molecule is [2H]C([2H])([2H])Oc1cncc(F)c1-n1c(=O)n(C)c2cnc3cc(OC)c(-c4cn(C)nc4C)cc3c21. The van der Waals surface area contributed by atoms with Crippen LogP contribution in [0.2, 0.25) is 0 Å². The quantitative estimate of drug-likeness (QED) is 0.417. The van der Waals surface area contributed by atoms with E-state index in [2.05, 4.69) is 15.1 Å². The second-order valence-electron chi connectivity index (χ2n) is 7.61. The maximum atomic E-state index is 15.2. The van der Waals surface area contributed by atoms with Crippen LogP contribution >= 0.6 is 0 Å². The molecule has 9 nitrogen and oxygen atoms in total. The van der Waals surface area contributed by atoms with Crippen LogP contribution in [0.4, 0.5) is 4.39 Å². The smallest absolute Gasteiger partial charge is 0.333 e. The van der Waals surface area contributed by atoms with E-state index in [0.29, 0.717) is 33.2 Å². The van der Waals surface area contributed by atoms with E-state index in [0.717, 1.165) is 28.2 Å². The van der Waals surface area contributed by atoms with Crippen LogP contribution in [0.3, 0.4) is 0 Å². The van der Waals surface area contributed by atoms with Gasteiger partial charge in [-0.15, -0.1) is 0 Å². The lowest BCUT2D eigenvalue weighted by Crippen LogP contribution is -2.22. The number of nitrogens with zero attached hydrogens (tertiary/aromatic N) is 6. The summed E-state index contributed by atoms with van der Waals surface area (Å²) >= 11 is 0. The highest BCUT2D eigenvalue weighted by molar-refractivity contribution is 6.06. The van der Waals surface area contributed by atoms with Crippen LogP contribution < -0.4 is 15.2 Å². The van der Waals surface area contributed by atoms with Crippen molar-refractivity contribution < 1.29 is 18.0 Å². The van der Waals surface area contributed by atoms with E-state index in [9.17, 15) is 4.79 Å². The Kier molecular flexibility index (Phi) is 3.91. The number of halogens is 1. The third-order valence-electron chi connectivity index (χ3n) is 5.68. The van der Waals surface area contributed by atoms with E-state index < -0.39 is 24.3 Å². The molecule has 0 aliphatic rings. The maximum absolute atomic E-state index is 15.2. The molecule has 5 aromatic rings. The van der Waals surface area contributed by atoms with Crippen LogP contribution in [0.5, 0.6) is 11.5 Å². The molecule has 0 spiro atoms. The summed E-state index contributed by atoms with van der Waals surface area (Å²) < 4.78 is 52.4. The van der Waals surface area contributed by atoms with E-state index >= 15 is 4.39 Å². The summed E-state index contributed by atoms with van der Waals surface area (Å²) in [6.07, 6.45) is 5.29. The lowest BCUT2D eigenvalue weighted by atomic mass is 10.0. The first-order valence-electron chi connectivity index (χ1n) is 11.4. The number of aromatic nitrogens is 6. The lowest BCUT2D eigenvalue weighted by Gasteiger charge is -2.13. The summed E-state index contributed by atoms with van der Waals surface area (Å²) in [7, 11) is 1.98. The maximum Gasteiger partial charge on any atom is 0.333 e. The van der Waals surface area contributed by atoms with Gasteiger partial charge in [0, 0.05) is 42.9 Å². The predicted octanol–water partition coefficient (Wildman–Crippen LogP) is 3.14. The Hall–Kier alpha value is -4.21. The zero-order valence-electron chi connectivity index (χ0n) is 21.3. The van der Waals surface area contributed by atoms with Crippen LogP contribution in [0.1, 0.15) is 9.81 Å². The molecule has 5 rings (SSSR count). The molecule has 0 radical (unpaired) electrons. The second kappa shape index (κ2) is 7.44. The molecule has 0 unspecified atom stereocenters. The Balaban J connectivity index is 1.93. The molecule has 4 heterocycles. The van der Waals surface area contributed by atoms with Crippen molar-refractivity contribution in [2.75, 3.05) is 14.1 Å². The summed E-state index contributed by atoms with van der Waals surface area (Å²) in [6.45, 7) is 1.86. The third-order valence-corrected chi connectivity index (χ3v) is 5.68. The fourth-order valence-corrected chi connectivity index (χ4v) is 4.18. The number of fused-ring (bicyclic) bond motifs is 3. The number of imidazole rings is 1. The molecule has 0 fully saturated rings. The monoisotopic (exact) mass is 451 g/mol. The molecule has 0 bridgehead atoms. The van der Waals surface area contributed by atoms with E-state index in [1.54, 1.807) is 23.9 Å². The number of benzene rings is 1. The lowest BCUT2D eigenvalue weighted by molar-refractivity contribution is 0.406. The molecular weight excluding hydrogens is 427 g/mol. The zero-order valence-corrected chi connectivity index (χ0v) is 18.3. The van der Waals surface area contributed by atoms with Crippen molar-refractivity contribution in [2.45, 2.75) is 6.92 Å². The van der Waals surface area contributed by atoms with E-state index in [1.165, 1.54) is 24.9 Å². The van der Waals surface area contributed by atoms with Gasteiger partial charge in [0.15, 0.2) is 11.6 Å². The van der Waals surface area contributed by atoms with Gasteiger partial charge in [-0.1, -0.05) is 0 Å². The minimum absolute atomic E-state index is 0.318. The topological polar surface area (TPSA) is 89.0 Å². The number of rotatable bonds is 4. The first-order chi connectivity index (χ1) is 17.0. The van der Waals surface area contributed by atoms with Gasteiger partial charge in [-0.2, -0.15) is 5.10 Å². The Bertz CT molecular complexity index is 1720. The minimum atomic E-state index is -2.89. The van der Waals surface area contributed by atoms with Gasteiger partial charge < -0.3 is 9.47 Å². The van der Waals surface area contributed by atoms with Crippen molar-refractivity contribution in [1.82, 2.24) is 28.9 Å². The second-order valence-corrected chi connectivity index (χ2v) is 7.61. The number of hydrogen-bond donors (Lipinski definition) is 0. The minimum Gasteiger partial charge on any atom is -0.496 e. The van der Waals surface area contributed by atoms with Gasteiger partial charge in [-0.3, -0.25) is 23.8 Å². The fourth-order valence-electron chi connectivity index (χ4n) is 4.18. The molecule has 33 heavy (non-hydrogen) atoms. The molecule has 0 aliphatic heterocycles. The number of methoxy groups -OCH3 is 2. The summed E-state index contributed by atoms with van der Waals surface area (Å²) in [4.78, 5) is 21.6. The van der Waals surface area contributed by atoms with Crippen LogP contribution in [-0.2, 0) is 14.1 Å². The average Bonchev–Trinajstić information content (AvgIpc) is 3.27. The van der Waals surface area contributed by atoms with E-state index in [1.807, 2.05) is 13.1 Å². The highest BCUT2D eigenvalue weighted by Gasteiger charge is 2.23. The normalized spacial score (nSPS) is 13.2. The van der Waals surface area contributed by atoms with Crippen LogP contribution in [0.25, 0.3) is 38.8 Å². The fraction of sp³-hybridized carbons (Fsp3) is 0.217. The third kappa shape index (κ3) is 2.98. The molecule has 0 saturated heterocycles. The molecule has 0 saturated carbocycles. The van der Waals surface area contributed by atoms with Crippen molar-refractivity contribution in [2.24, 2.45) is 14.1 Å². The number of aryl methyl sites for hydroxylation is 3. The van der Waals surface area contributed by atoms with Crippen molar-refractivity contribution in [1.29, 1.82) is 0 Å². The van der Waals surface area contributed by atoms with Crippen LogP contribution in [0.15, 0.2) is 41.7 Å². The molecule has 0 amide bonds. The summed E-state index contributed by atoms with van der Waals surface area (Å²) in [6, 6.07) is 3.52. The van der Waals surface area contributed by atoms with Crippen molar-refractivity contribution in [3.8, 4) is 28.3 Å².